The number of aromatic nitrogens is 3. The highest BCUT2D eigenvalue weighted by atomic mass is 16.3. The minimum Gasteiger partial charge on any atom is -0.507 e. The van der Waals surface area contributed by atoms with Crippen LogP contribution in [-0.4, -0.2) is 20.1 Å². The van der Waals surface area contributed by atoms with Crippen LogP contribution < -0.4 is 0 Å². The molecule has 0 aliphatic heterocycles. The van der Waals surface area contributed by atoms with Crippen LogP contribution in [0.2, 0.25) is 0 Å². The van der Waals surface area contributed by atoms with Crippen molar-refractivity contribution in [1.29, 1.82) is 0 Å². The molecule has 1 aromatic heterocycles. The fourth-order valence-electron chi connectivity index (χ4n) is 2.81. The van der Waals surface area contributed by atoms with Crippen molar-refractivity contribution in [3.05, 3.63) is 85.5 Å². The number of nitrogens with zero attached hydrogens (tertiary/aromatic N) is 3. The lowest BCUT2D eigenvalue weighted by Gasteiger charge is -2.10. The van der Waals surface area contributed by atoms with E-state index in [9.17, 15) is 5.11 Å². The zero-order valence-electron chi connectivity index (χ0n) is 13.4. The van der Waals surface area contributed by atoms with E-state index in [0.717, 1.165) is 22.3 Å². The number of benzene rings is 3. The van der Waals surface area contributed by atoms with Crippen molar-refractivity contribution in [3.63, 3.8) is 0 Å². The maximum atomic E-state index is 10.7. The van der Waals surface area contributed by atoms with Gasteiger partial charge in [-0.15, -0.1) is 0 Å². The highest BCUT2D eigenvalue weighted by molar-refractivity contribution is 5.80. The topological polar surface area (TPSA) is 58.9 Å². The van der Waals surface area contributed by atoms with Gasteiger partial charge in [0.15, 0.2) is 5.82 Å². The van der Waals surface area contributed by atoms with Crippen LogP contribution in [-0.2, 0) is 0 Å². The quantitative estimate of drug-likeness (QED) is 0.599. The molecule has 0 atom stereocenters. The molecule has 25 heavy (non-hydrogen) atoms. The van der Waals surface area contributed by atoms with E-state index < -0.39 is 0 Å². The minimum atomic E-state index is 0.168. The third-order valence-corrected chi connectivity index (χ3v) is 4.07. The average molecular weight is 325 g/mol. The molecule has 4 aromatic rings. The molecule has 3 aromatic carbocycles. The number of hydrogen-bond donors (Lipinski definition) is 1. The number of rotatable bonds is 3. The van der Waals surface area contributed by atoms with Gasteiger partial charge in [0, 0.05) is 5.56 Å². The van der Waals surface area contributed by atoms with Gasteiger partial charge in [-0.25, -0.2) is 15.0 Å². The molecule has 0 aliphatic rings. The Labute approximate surface area is 145 Å². The fourth-order valence-corrected chi connectivity index (χ4v) is 2.81. The van der Waals surface area contributed by atoms with E-state index in [1.807, 2.05) is 42.5 Å². The first kappa shape index (κ1) is 15.0. The Morgan fingerprint density at radius 3 is 1.88 bits per heavy atom. The Morgan fingerprint density at radius 1 is 0.560 bits per heavy atom. The summed E-state index contributed by atoms with van der Waals surface area (Å²) in [7, 11) is 0. The Bertz CT molecular complexity index is 985. The largest absolute Gasteiger partial charge is 0.507 e. The lowest BCUT2D eigenvalue weighted by molar-refractivity contribution is 0.479. The zero-order valence-corrected chi connectivity index (χ0v) is 13.4. The van der Waals surface area contributed by atoms with Gasteiger partial charge in [0.05, 0.1) is 5.56 Å². The number of para-hydroxylation sites is 1. The van der Waals surface area contributed by atoms with E-state index in [-0.39, 0.29) is 5.75 Å². The van der Waals surface area contributed by atoms with Crippen molar-refractivity contribution >= 4 is 0 Å². The molecule has 0 amide bonds. The summed E-state index contributed by atoms with van der Waals surface area (Å²) in [6, 6.07) is 23.9. The normalized spacial score (nSPS) is 10.6. The van der Waals surface area contributed by atoms with Gasteiger partial charge >= 0.3 is 0 Å². The van der Waals surface area contributed by atoms with E-state index >= 15 is 0 Å². The second kappa shape index (κ2) is 6.53. The van der Waals surface area contributed by atoms with Crippen molar-refractivity contribution in [2.75, 3.05) is 0 Å². The van der Waals surface area contributed by atoms with Crippen LogP contribution in [0.1, 0.15) is 0 Å². The van der Waals surface area contributed by atoms with Gasteiger partial charge in [-0.3, -0.25) is 0 Å². The van der Waals surface area contributed by atoms with E-state index in [2.05, 4.69) is 39.2 Å². The Hall–Kier alpha value is -3.53. The summed E-state index contributed by atoms with van der Waals surface area (Å²) in [6.45, 7) is 0. The highest BCUT2D eigenvalue weighted by Crippen LogP contribution is 2.37. The molecular formula is C21H15N3O. The monoisotopic (exact) mass is 325 g/mol. The van der Waals surface area contributed by atoms with E-state index in [1.54, 1.807) is 6.07 Å². The molecule has 4 nitrogen and oxygen atoms in total. The first-order valence-electron chi connectivity index (χ1n) is 7.93. The summed E-state index contributed by atoms with van der Waals surface area (Å²) < 4.78 is 0. The van der Waals surface area contributed by atoms with Crippen molar-refractivity contribution in [2.45, 2.75) is 0 Å². The lowest BCUT2D eigenvalue weighted by Crippen LogP contribution is -1.91. The number of hydrogen-bond acceptors (Lipinski definition) is 4. The molecule has 0 aliphatic carbocycles. The van der Waals surface area contributed by atoms with Crippen molar-refractivity contribution in [1.82, 2.24) is 15.0 Å². The molecular weight excluding hydrogens is 310 g/mol. The van der Waals surface area contributed by atoms with E-state index in [1.165, 1.54) is 12.7 Å². The smallest absolute Gasteiger partial charge is 0.166 e. The van der Waals surface area contributed by atoms with E-state index in [4.69, 9.17) is 0 Å². The van der Waals surface area contributed by atoms with Gasteiger partial charge in [-0.05, 0) is 22.8 Å². The molecule has 0 unspecified atom stereocenters. The SMILES string of the molecule is Oc1c(-c2ccc(-c3ccccc3)cc2)cccc1-c1ncncn1. The number of phenols is 1. The van der Waals surface area contributed by atoms with Crippen molar-refractivity contribution in [3.8, 4) is 39.4 Å². The third-order valence-electron chi connectivity index (χ3n) is 4.07. The summed E-state index contributed by atoms with van der Waals surface area (Å²) in [5.41, 5.74) is 4.58. The molecule has 4 rings (SSSR count). The predicted molar refractivity (Wildman–Crippen MR) is 97.8 cm³/mol. The van der Waals surface area contributed by atoms with Gasteiger partial charge < -0.3 is 5.11 Å². The molecule has 120 valence electrons. The van der Waals surface area contributed by atoms with Gasteiger partial charge in [0.25, 0.3) is 0 Å². The average Bonchev–Trinajstić information content (AvgIpc) is 2.70. The van der Waals surface area contributed by atoms with Crippen molar-refractivity contribution < 1.29 is 5.11 Å². The summed E-state index contributed by atoms with van der Waals surface area (Å²) in [5, 5.41) is 10.7. The highest BCUT2D eigenvalue weighted by Gasteiger charge is 2.12. The molecule has 4 heteroatoms. The molecule has 0 saturated heterocycles. The number of aromatic hydroxyl groups is 1. The van der Waals surface area contributed by atoms with Crippen molar-refractivity contribution in [2.24, 2.45) is 0 Å². The molecule has 1 heterocycles. The van der Waals surface area contributed by atoms with Crippen LogP contribution in [0.5, 0.6) is 5.75 Å². The second-order valence-electron chi connectivity index (χ2n) is 5.61. The predicted octanol–water partition coefficient (Wildman–Crippen LogP) is 4.58. The fraction of sp³-hybridized carbons (Fsp3) is 0. The summed E-state index contributed by atoms with van der Waals surface area (Å²) in [5.74, 6) is 0.622. The molecule has 0 radical (unpaired) electrons. The maximum absolute atomic E-state index is 10.7. The maximum Gasteiger partial charge on any atom is 0.166 e. The molecule has 0 bridgehead atoms. The molecule has 0 fully saturated rings. The standard InChI is InChI=1S/C21H15N3O/c25-20-18(7-4-8-19(20)21-23-13-22-14-24-21)17-11-9-16(10-12-17)15-5-2-1-3-6-15/h1-14,25H. The molecule has 0 spiro atoms. The van der Waals surface area contributed by atoms with Gasteiger partial charge in [-0.2, -0.15) is 0 Å². The third kappa shape index (κ3) is 2.97. The summed E-state index contributed by atoms with van der Waals surface area (Å²) >= 11 is 0. The van der Waals surface area contributed by atoms with Crippen LogP contribution in [0, 0.1) is 0 Å². The minimum absolute atomic E-state index is 0.168. The van der Waals surface area contributed by atoms with Crippen LogP contribution in [0.15, 0.2) is 85.5 Å². The molecule has 1 N–H and O–H groups in total. The van der Waals surface area contributed by atoms with Crippen LogP contribution in [0.4, 0.5) is 0 Å². The first-order chi connectivity index (χ1) is 12.3. The molecule has 0 saturated carbocycles. The Balaban J connectivity index is 1.73. The summed E-state index contributed by atoms with van der Waals surface area (Å²) in [6.07, 6.45) is 2.84. The van der Waals surface area contributed by atoms with Gasteiger partial charge in [0.1, 0.15) is 18.4 Å². The van der Waals surface area contributed by atoms with Crippen LogP contribution in [0.3, 0.4) is 0 Å². The zero-order chi connectivity index (χ0) is 17.1. The second-order valence-corrected chi connectivity index (χ2v) is 5.61. The first-order valence-corrected chi connectivity index (χ1v) is 7.93. The Kier molecular flexibility index (Phi) is 3.92. The van der Waals surface area contributed by atoms with Gasteiger partial charge in [-0.1, -0.05) is 66.7 Å². The number of phenolic OH excluding ortho intramolecular Hbond substituents is 1. The summed E-state index contributed by atoms with van der Waals surface area (Å²) in [4.78, 5) is 12.0. The van der Waals surface area contributed by atoms with Crippen LogP contribution >= 0.6 is 0 Å². The lowest BCUT2D eigenvalue weighted by atomic mass is 9.98. The van der Waals surface area contributed by atoms with Gasteiger partial charge in [0.2, 0.25) is 0 Å². The Morgan fingerprint density at radius 2 is 1.16 bits per heavy atom. The van der Waals surface area contributed by atoms with E-state index in [0.29, 0.717) is 11.4 Å². The van der Waals surface area contributed by atoms with Crippen LogP contribution in [0.25, 0.3) is 33.6 Å².